The molecule has 0 unspecified atom stereocenters. The molecule has 1 heterocycles. The van der Waals surface area contributed by atoms with Gasteiger partial charge in [0.1, 0.15) is 5.82 Å². The summed E-state index contributed by atoms with van der Waals surface area (Å²) in [5, 5.41) is 8.95. The number of carbonyl (C=O) groups excluding carboxylic acids is 2. The molecule has 1 aliphatic rings. The van der Waals surface area contributed by atoms with Crippen LogP contribution in [0.2, 0.25) is 0 Å². The summed E-state index contributed by atoms with van der Waals surface area (Å²) in [6, 6.07) is 9.29. The number of carboxylic acids is 1. The predicted octanol–water partition coefficient (Wildman–Crippen LogP) is 2.32. The van der Waals surface area contributed by atoms with Crippen molar-refractivity contribution < 1.29 is 23.9 Å². The largest absolute Gasteiger partial charge is 0.478 e. The minimum atomic E-state index is -1.17. The van der Waals surface area contributed by atoms with Gasteiger partial charge < -0.3 is 5.11 Å². The standard InChI is InChI=1S/C16H10FNO4/c17-11-4-1-9(2-5-11)8-18-14(19)12-6-3-10(16(21)22)7-13(12)15(18)20/h1-7H,8H2,(H,21,22). The van der Waals surface area contributed by atoms with Crippen molar-refractivity contribution >= 4 is 17.8 Å². The van der Waals surface area contributed by atoms with Gasteiger partial charge in [-0.05, 0) is 35.9 Å². The van der Waals surface area contributed by atoms with Gasteiger partial charge in [0.15, 0.2) is 0 Å². The number of imide groups is 1. The van der Waals surface area contributed by atoms with E-state index in [4.69, 9.17) is 5.11 Å². The Labute approximate surface area is 124 Å². The van der Waals surface area contributed by atoms with E-state index in [2.05, 4.69) is 0 Å². The fourth-order valence-electron chi connectivity index (χ4n) is 2.34. The zero-order chi connectivity index (χ0) is 15.9. The zero-order valence-corrected chi connectivity index (χ0v) is 11.2. The number of hydrogen-bond donors (Lipinski definition) is 1. The first kappa shape index (κ1) is 13.9. The third-order valence-electron chi connectivity index (χ3n) is 3.47. The van der Waals surface area contributed by atoms with E-state index in [0.29, 0.717) is 5.56 Å². The maximum atomic E-state index is 12.9. The summed E-state index contributed by atoms with van der Waals surface area (Å²) in [4.78, 5) is 36.5. The summed E-state index contributed by atoms with van der Waals surface area (Å²) in [6.45, 7) is 0.00896. The number of aromatic carboxylic acids is 1. The number of carboxylic acid groups (broad SMARTS) is 1. The Morgan fingerprint density at radius 3 is 2.27 bits per heavy atom. The van der Waals surface area contributed by atoms with Crippen LogP contribution in [0.25, 0.3) is 0 Å². The summed E-state index contributed by atoms with van der Waals surface area (Å²) in [5.41, 5.74) is 0.807. The molecule has 1 N–H and O–H groups in total. The van der Waals surface area contributed by atoms with E-state index in [-0.39, 0.29) is 23.2 Å². The predicted molar refractivity (Wildman–Crippen MR) is 74.0 cm³/mol. The van der Waals surface area contributed by atoms with E-state index in [1.54, 1.807) is 0 Å². The van der Waals surface area contributed by atoms with Crippen molar-refractivity contribution in [1.82, 2.24) is 4.90 Å². The fraction of sp³-hybridized carbons (Fsp3) is 0.0625. The lowest BCUT2D eigenvalue weighted by atomic mass is 10.1. The molecule has 2 aromatic carbocycles. The molecule has 3 rings (SSSR count). The Balaban J connectivity index is 1.92. The lowest BCUT2D eigenvalue weighted by molar-refractivity contribution is 0.0641. The van der Waals surface area contributed by atoms with Gasteiger partial charge in [-0.15, -0.1) is 0 Å². The third-order valence-corrected chi connectivity index (χ3v) is 3.47. The average molecular weight is 299 g/mol. The molecule has 0 fully saturated rings. The van der Waals surface area contributed by atoms with Crippen molar-refractivity contribution in [3.8, 4) is 0 Å². The van der Waals surface area contributed by atoms with Gasteiger partial charge in [-0.2, -0.15) is 0 Å². The van der Waals surface area contributed by atoms with E-state index in [0.717, 1.165) is 4.90 Å². The van der Waals surface area contributed by atoms with Crippen LogP contribution in [0.5, 0.6) is 0 Å². The zero-order valence-electron chi connectivity index (χ0n) is 11.2. The molecule has 0 radical (unpaired) electrons. The van der Waals surface area contributed by atoms with Crippen LogP contribution in [0.4, 0.5) is 4.39 Å². The van der Waals surface area contributed by atoms with E-state index in [1.165, 1.54) is 42.5 Å². The van der Waals surface area contributed by atoms with Crippen molar-refractivity contribution in [2.45, 2.75) is 6.54 Å². The number of carbonyl (C=O) groups is 3. The molecule has 0 atom stereocenters. The van der Waals surface area contributed by atoms with Crippen LogP contribution in [0.3, 0.4) is 0 Å². The molecule has 5 nitrogen and oxygen atoms in total. The van der Waals surface area contributed by atoms with Crippen LogP contribution in [0.15, 0.2) is 42.5 Å². The number of benzene rings is 2. The molecule has 0 spiro atoms. The topological polar surface area (TPSA) is 74.7 Å². The molecular formula is C16H10FNO4. The van der Waals surface area contributed by atoms with Crippen LogP contribution < -0.4 is 0 Å². The highest BCUT2D eigenvalue weighted by Gasteiger charge is 2.35. The van der Waals surface area contributed by atoms with Gasteiger partial charge in [-0.3, -0.25) is 14.5 Å². The maximum Gasteiger partial charge on any atom is 0.335 e. The van der Waals surface area contributed by atoms with Gasteiger partial charge in [0.25, 0.3) is 11.8 Å². The van der Waals surface area contributed by atoms with E-state index in [9.17, 15) is 18.8 Å². The molecule has 0 bridgehead atoms. The lowest BCUT2D eigenvalue weighted by Gasteiger charge is -2.13. The molecule has 2 aromatic rings. The van der Waals surface area contributed by atoms with Crippen LogP contribution in [0.1, 0.15) is 36.6 Å². The van der Waals surface area contributed by atoms with Crippen molar-refractivity contribution in [3.05, 3.63) is 70.5 Å². The molecule has 22 heavy (non-hydrogen) atoms. The highest BCUT2D eigenvalue weighted by molar-refractivity contribution is 6.21. The molecule has 0 aliphatic carbocycles. The van der Waals surface area contributed by atoms with Crippen molar-refractivity contribution in [3.63, 3.8) is 0 Å². The summed E-state index contributed by atoms with van der Waals surface area (Å²) < 4.78 is 12.9. The molecule has 1 aliphatic heterocycles. The Morgan fingerprint density at radius 1 is 1.00 bits per heavy atom. The quantitative estimate of drug-likeness (QED) is 0.883. The first-order valence-electron chi connectivity index (χ1n) is 6.45. The first-order valence-corrected chi connectivity index (χ1v) is 6.45. The monoisotopic (exact) mass is 299 g/mol. The molecule has 0 aromatic heterocycles. The Morgan fingerprint density at radius 2 is 1.64 bits per heavy atom. The molecular weight excluding hydrogens is 289 g/mol. The minimum absolute atomic E-state index is 0.00896. The van der Waals surface area contributed by atoms with Crippen molar-refractivity contribution in [2.75, 3.05) is 0 Å². The third kappa shape index (κ3) is 2.24. The number of fused-ring (bicyclic) bond motifs is 1. The van der Waals surface area contributed by atoms with Gasteiger partial charge in [0.05, 0.1) is 23.2 Å². The summed E-state index contributed by atoms with van der Waals surface area (Å²) in [7, 11) is 0. The number of hydrogen-bond acceptors (Lipinski definition) is 3. The van der Waals surface area contributed by atoms with E-state index in [1.807, 2.05) is 0 Å². The summed E-state index contributed by atoms with van der Waals surface area (Å²) in [6.07, 6.45) is 0. The average Bonchev–Trinajstić information content (AvgIpc) is 2.74. The highest BCUT2D eigenvalue weighted by Crippen LogP contribution is 2.25. The smallest absolute Gasteiger partial charge is 0.335 e. The number of halogens is 1. The first-order chi connectivity index (χ1) is 10.5. The molecule has 110 valence electrons. The Hall–Kier alpha value is -3.02. The summed E-state index contributed by atoms with van der Waals surface area (Å²) >= 11 is 0. The molecule has 0 saturated carbocycles. The van der Waals surface area contributed by atoms with Crippen molar-refractivity contribution in [2.24, 2.45) is 0 Å². The number of amides is 2. The normalized spacial score (nSPS) is 13.4. The Kier molecular flexibility index (Phi) is 3.21. The lowest BCUT2D eigenvalue weighted by Crippen LogP contribution is -2.29. The number of nitrogens with zero attached hydrogens (tertiary/aromatic N) is 1. The van der Waals surface area contributed by atoms with Crippen LogP contribution in [0, 0.1) is 5.82 Å². The van der Waals surface area contributed by atoms with Crippen molar-refractivity contribution in [1.29, 1.82) is 0 Å². The second-order valence-corrected chi connectivity index (χ2v) is 4.89. The van der Waals surface area contributed by atoms with Gasteiger partial charge in [0, 0.05) is 0 Å². The van der Waals surface area contributed by atoms with Gasteiger partial charge >= 0.3 is 5.97 Å². The molecule has 0 saturated heterocycles. The molecule has 2 amide bonds. The van der Waals surface area contributed by atoms with E-state index >= 15 is 0 Å². The maximum absolute atomic E-state index is 12.9. The van der Waals surface area contributed by atoms with Crippen LogP contribution in [-0.4, -0.2) is 27.8 Å². The summed E-state index contributed by atoms with van der Waals surface area (Å²) in [5.74, 6) is -2.61. The second-order valence-electron chi connectivity index (χ2n) is 4.89. The minimum Gasteiger partial charge on any atom is -0.478 e. The molecule has 6 heteroatoms. The van der Waals surface area contributed by atoms with Gasteiger partial charge in [-0.1, -0.05) is 12.1 Å². The van der Waals surface area contributed by atoms with Crippen LogP contribution >= 0.6 is 0 Å². The Bertz CT molecular complexity index is 798. The SMILES string of the molecule is O=C(O)c1ccc2c(c1)C(=O)N(Cc1ccc(F)cc1)C2=O. The fourth-order valence-corrected chi connectivity index (χ4v) is 2.34. The van der Waals surface area contributed by atoms with E-state index < -0.39 is 23.6 Å². The van der Waals surface area contributed by atoms with Gasteiger partial charge in [0.2, 0.25) is 0 Å². The second kappa shape index (κ2) is 5.07. The van der Waals surface area contributed by atoms with Gasteiger partial charge in [-0.25, -0.2) is 9.18 Å². The van der Waals surface area contributed by atoms with Crippen LogP contribution in [-0.2, 0) is 6.54 Å². The highest BCUT2D eigenvalue weighted by atomic mass is 19.1. The number of rotatable bonds is 3.